The van der Waals surface area contributed by atoms with Crippen molar-refractivity contribution in [2.45, 2.75) is 34.1 Å². The van der Waals surface area contributed by atoms with Gasteiger partial charge in [-0.15, -0.1) is 0 Å². The van der Waals surface area contributed by atoms with Crippen molar-refractivity contribution in [1.82, 2.24) is 0 Å². The minimum absolute atomic E-state index is 0.667. The van der Waals surface area contributed by atoms with Crippen LogP contribution in [0.4, 0.5) is 0 Å². The molecule has 1 atom stereocenters. The molecule has 66 valence electrons. The Balaban J connectivity index is 3.89. The van der Waals surface area contributed by atoms with Gasteiger partial charge < -0.3 is 4.99 Å². The van der Waals surface area contributed by atoms with E-state index in [0.717, 1.165) is 11.8 Å². The summed E-state index contributed by atoms with van der Waals surface area (Å²) in [6.45, 7) is 9.04. The van der Waals surface area contributed by atoms with Crippen LogP contribution in [0.25, 0.3) is 0 Å². The fraction of sp³-hybridized carbons (Fsp3) is 0.900. The fourth-order valence-corrected chi connectivity index (χ4v) is 1.24. The quantitative estimate of drug-likeness (QED) is 0.553. The molecule has 0 bridgehead atoms. The predicted molar refractivity (Wildman–Crippen MR) is 52.2 cm³/mol. The van der Waals surface area contributed by atoms with Gasteiger partial charge in [0.15, 0.2) is 0 Å². The zero-order valence-electron chi connectivity index (χ0n) is 8.46. The summed E-state index contributed by atoms with van der Waals surface area (Å²) < 4.78 is 0. The average molecular weight is 155 g/mol. The lowest BCUT2D eigenvalue weighted by Crippen LogP contribution is -2.12. The van der Waals surface area contributed by atoms with Crippen LogP contribution in [0.5, 0.6) is 0 Å². The Hall–Kier alpha value is -0.330. The van der Waals surface area contributed by atoms with E-state index in [1.807, 2.05) is 7.05 Å². The van der Waals surface area contributed by atoms with E-state index >= 15 is 0 Å². The summed E-state index contributed by atoms with van der Waals surface area (Å²) in [6, 6.07) is 0. The van der Waals surface area contributed by atoms with E-state index in [4.69, 9.17) is 0 Å². The molecule has 0 aromatic heterocycles. The molecule has 0 aromatic rings. The highest BCUT2D eigenvalue weighted by Crippen LogP contribution is 2.17. The first-order valence-corrected chi connectivity index (χ1v) is 4.50. The van der Waals surface area contributed by atoms with E-state index in [2.05, 4.69) is 38.9 Å². The van der Waals surface area contributed by atoms with Gasteiger partial charge in [0.2, 0.25) is 0 Å². The summed E-state index contributed by atoms with van der Waals surface area (Å²) in [5.41, 5.74) is 0. The van der Waals surface area contributed by atoms with Gasteiger partial charge in [-0.1, -0.05) is 27.7 Å². The van der Waals surface area contributed by atoms with Gasteiger partial charge in [0.1, 0.15) is 0 Å². The van der Waals surface area contributed by atoms with Gasteiger partial charge >= 0.3 is 0 Å². The fourth-order valence-electron chi connectivity index (χ4n) is 1.24. The Labute approximate surface area is 70.9 Å². The highest BCUT2D eigenvalue weighted by atomic mass is 14.6. The van der Waals surface area contributed by atoms with Crippen LogP contribution in [0.1, 0.15) is 34.1 Å². The van der Waals surface area contributed by atoms with Crippen LogP contribution in [0, 0.1) is 17.8 Å². The van der Waals surface area contributed by atoms with Gasteiger partial charge in [0.05, 0.1) is 0 Å². The molecule has 1 heteroatoms. The van der Waals surface area contributed by atoms with Crippen LogP contribution in [-0.2, 0) is 0 Å². The Kier molecular flexibility index (Phi) is 5.18. The molecule has 0 aliphatic carbocycles. The first-order chi connectivity index (χ1) is 5.07. The van der Waals surface area contributed by atoms with Gasteiger partial charge in [0, 0.05) is 13.3 Å². The van der Waals surface area contributed by atoms with Crippen molar-refractivity contribution < 1.29 is 0 Å². The molecule has 0 aromatic carbocycles. The van der Waals surface area contributed by atoms with Gasteiger partial charge in [0.25, 0.3) is 0 Å². The zero-order chi connectivity index (χ0) is 8.85. The SMILES string of the molecule is C/N=C/C(CC(C)C)C(C)C. The van der Waals surface area contributed by atoms with Crippen molar-refractivity contribution in [3.8, 4) is 0 Å². The smallest absolute Gasteiger partial charge is 0.0273 e. The van der Waals surface area contributed by atoms with Crippen LogP contribution in [0.15, 0.2) is 4.99 Å². The van der Waals surface area contributed by atoms with Crippen molar-refractivity contribution in [3.05, 3.63) is 0 Å². The lowest BCUT2D eigenvalue weighted by atomic mass is 9.89. The molecule has 0 N–H and O–H groups in total. The Morgan fingerprint density at radius 2 is 1.73 bits per heavy atom. The third-order valence-corrected chi connectivity index (χ3v) is 1.94. The van der Waals surface area contributed by atoms with Crippen molar-refractivity contribution in [3.63, 3.8) is 0 Å². The summed E-state index contributed by atoms with van der Waals surface area (Å²) in [7, 11) is 1.86. The van der Waals surface area contributed by atoms with Crippen molar-refractivity contribution in [2.75, 3.05) is 7.05 Å². The molecule has 0 fully saturated rings. The number of aliphatic imine (C=N–C) groups is 1. The standard InChI is InChI=1S/C10H21N/c1-8(2)6-10(7-11-5)9(3)4/h7-10H,6H2,1-5H3/b11-7+. The maximum Gasteiger partial charge on any atom is 0.0273 e. The summed E-state index contributed by atoms with van der Waals surface area (Å²) in [6.07, 6.45) is 3.35. The number of hydrogen-bond donors (Lipinski definition) is 0. The first-order valence-electron chi connectivity index (χ1n) is 4.50. The molecule has 0 aliphatic rings. The van der Waals surface area contributed by atoms with Crippen LogP contribution >= 0.6 is 0 Å². The largest absolute Gasteiger partial charge is 0.301 e. The molecule has 1 unspecified atom stereocenters. The van der Waals surface area contributed by atoms with Gasteiger partial charge in [-0.3, -0.25) is 0 Å². The molecule has 0 saturated carbocycles. The number of hydrogen-bond acceptors (Lipinski definition) is 1. The average Bonchev–Trinajstić information content (AvgIpc) is 1.86. The molecular formula is C10H21N. The van der Waals surface area contributed by atoms with Crippen LogP contribution in [0.3, 0.4) is 0 Å². The molecule has 1 nitrogen and oxygen atoms in total. The highest BCUT2D eigenvalue weighted by molar-refractivity contribution is 5.60. The van der Waals surface area contributed by atoms with E-state index in [9.17, 15) is 0 Å². The lowest BCUT2D eigenvalue weighted by Gasteiger charge is -2.17. The summed E-state index contributed by atoms with van der Waals surface area (Å²) in [4.78, 5) is 4.09. The van der Waals surface area contributed by atoms with E-state index in [0.29, 0.717) is 5.92 Å². The zero-order valence-corrected chi connectivity index (χ0v) is 8.46. The minimum Gasteiger partial charge on any atom is -0.301 e. The van der Waals surface area contributed by atoms with E-state index in [-0.39, 0.29) is 0 Å². The topological polar surface area (TPSA) is 12.4 Å². The monoisotopic (exact) mass is 155 g/mol. The number of nitrogens with zero attached hydrogens (tertiary/aromatic N) is 1. The maximum absolute atomic E-state index is 4.09. The first kappa shape index (κ1) is 10.7. The maximum atomic E-state index is 4.09. The van der Waals surface area contributed by atoms with Gasteiger partial charge in [-0.25, -0.2) is 0 Å². The van der Waals surface area contributed by atoms with Crippen molar-refractivity contribution in [1.29, 1.82) is 0 Å². The molecule has 0 rings (SSSR count). The van der Waals surface area contributed by atoms with Gasteiger partial charge in [-0.05, 0) is 24.2 Å². The molecule has 0 amide bonds. The molecule has 0 saturated heterocycles. The second-order valence-electron chi connectivity index (χ2n) is 3.94. The molecular weight excluding hydrogens is 134 g/mol. The Morgan fingerprint density at radius 1 is 1.18 bits per heavy atom. The van der Waals surface area contributed by atoms with Crippen LogP contribution in [0.2, 0.25) is 0 Å². The molecule has 0 heterocycles. The molecule has 11 heavy (non-hydrogen) atoms. The van der Waals surface area contributed by atoms with Crippen LogP contribution < -0.4 is 0 Å². The second-order valence-corrected chi connectivity index (χ2v) is 3.94. The summed E-state index contributed by atoms with van der Waals surface area (Å²) in [5, 5.41) is 0. The third-order valence-electron chi connectivity index (χ3n) is 1.94. The van der Waals surface area contributed by atoms with E-state index < -0.39 is 0 Å². The van der Waals surface area contributed by atoms with Crippen molar-refractivity contribution in [2.24, 2.45) is 22.7 Å². The Bertz CT molecular complexity index is 114. The van der Waals surface area contributed by atoms with Gasteiger partial charge in [-0.2, -0.15) is 0 Å². The lowest BCUT2D eigenvalue weighted by molar-refractivity contribution is 0.408. The highest BCUT2D eigenvalue weighted by Gasteiger charge is 2.11. The van der Waals surface area contributed by atoms with Crippen LogP contribution in [-0.4, -0.2) is 13.3 Å². The third kappa shape index (κ3) is 5.00. The minimum atomic E-state index is 0.667. The predicted octanol–water partition coefficient (Wildman–Crippen LogP) is 3.01. The second kappa shape index (κ2) is 5.34. The normalized spacial score (nSPS) is 15.2. The molecule has 0 radical (unpaired) electrons. The van der Waals surface area contributed by atoms with Crippen molar-refractivity contribution >= 4 is 6.21 Å². The summed E-state index contributed by atoms with van der Waals surface area (Å²) in [5.74, 6) is 2.17. The van der Waals surface area contributed by atoms with E-state index in [1.54, 1.807) is 0 Å². The molecule has 0 spiro atoms. The molecule has 0 aliphatic heterocycles. The van der Waals surface area contributed by atoms with E-state index in [1.165, 1.54) is 6.42 Å². The Morgan fingerprint density at radius 3 is 2.00 bits per heavy atom. The summed E-state index contributed by atoms with van der Waals surface area (Å²) >= 11 is 0. The number of rotatable bonds is 4.